The molecule has 3 rings (SSSR count). The summed E-state index contributed by atoms with van der Waals surface area (Å²) in [4.78, 5) is 13.5. The summed E-state index contributed by atoms with van der Waals surface area (Å²) >= 11 is 0. The zero-order chi connectivity index (χ0) is 26.6. The number of aromatic nitrogens is 4. The molecule has 2 heterocycles. The molecule has 0 atom stereocenters. The number of fused-ring (bicyclic) bond motifs is 1. The van der Waals surface area contributed by atoms with Crippen LogP contribution in [0.3, 0.4) is 0 Å². The van der Waals surface area contributed by atoms with E-state index in [9.17, 15) is 4.79 Å². The van der Waals surface area contributed by atoms with Gasteiger partial charge in [-0.25, -0.2) is 4.68 Å². The number of carbonyl (C=O) groups is 1. The molecule has 0 unspecified atom stereocenters. The third-order valence-corrected chi connectivity index (χ3v) is 5.75. The molecule has 2 aromatic heterocycles. The summed E-state index contributed by atoms with van der Waals surface area (Å²) in [6, 6.07) is 5.29. The minimum absolute atomic E-state index is 0. The van der Waals surface area contributed by atoms with Crippen LogP contribution in [-0.2, 0) is 12.0 Å². The van der Waals surface area contributed by atoms with E-state index < -0.39 is 0 Å². The van der Waals surface area contributed by atoms with Crippen LogP contribution in [0.2, 0.25) is 0 Å². The summed E-state index contributed by atoms with van der Waals surface area (Å²) in [5.41, 5.74) is 2.31. The number of hydrogen-bond acceptors (Lipinski definition) is 8. The molecule has 0 saturated carbocycles. The lowest BCUT2D eigenvalue weighted by atomic mass is 9.84. The molecule has 0 aliphatic carbocycles. The normalized spacial score (nSPS) is 11.5. The topological polar surface area (TPSA) is 124 Å². The van der Waals surface area contributed by atoms with E-state index in [-0.39, 0.29) is 54.9 Å². The monoisotopic (exact) mass is 535 g/mol. The van der Waals surface area contributed by atoms with E-state index in [2.05, 4.69) is 10.2 Å². The Morgan fingerprint density at radius 3 is 2.43 bits per heavy atom. The molecule has 1 aromatic carbocycles. The molecule has 0 fully saturated rings. The Bertz CT molecular complexity index is 1290. The number of halogens is 1. The highest BCUT2D eigenvalue weighted by Gasteiger charge is 2.26. The molecule has 0 bridgehead atoms. The number of nitrogens with one attached hydrogen (secondary N) is 1. The lowest BCUT2D eigenvalue weighted by molar-refractivity contribution is 0.0964. The van der Waals surface area contributed by atoms with Crippen molar-refractivity contribution in [1.82, 2.24) is 19.4 Å². The number of aliphatic hydroxyl groups is 1. The summed E-state index contributed by atoms with van der Waals surface area (Å²) in [7, 11) is 1.57. The quantitative estimate of drug-likeness (QED) is 0.282. The van der Waals surface area contributed by atoms with Crippen LogP contribution < -0.4 is 19.8 Å². The fraction of sp³-hybridized carbons (Fsp3) is 0.538. The van der Waals surface area contributed by atoms with Gasteiger partial charge in [-0.2, -0.15) is 4.52 Å². The van der Waals surface area contributed by atoms with Gasteiger partial charge in [-0.15, -0.1) is 22.6 Å². The minimum atomic E-state index is -0.320. The van der Waals surface area contributed by atoms with E-state index in [1.165, 1.54) is 9.20 Å². The second kappa shape index (κ2) is 12.4. The highest BCUT2D eigenvalue weighted by atomic mass is 35.5. The Labute approximate surface area is 223 Å². The predicted octanol–water partition coefficient (Wildman–Crippen LogP) is 3.90. The van der Waals surface area contributed by atoms with Crippen LogP contribution in [0.15, 0.2) is 18.2 Å². The molecule has 0 saturated heterocycles. The maximum absolute atomic E-state index is 13.5. The molecule has 3 aromatic rings. The number of rotatable bonds is 11. The number of benzene rings is 1. The second-order valence-corrected chi connectivity index (χ2v) is 9.90. The fourth-order valence-electron chi connectivity index (χ4n) is 3.88. The number of aliphatic hydroxyl groups excluding tert-OH is 1. The van der Waals surface area contributed by atoms with Crippen molar-refractivity contribution in [2.75, 3.05) is 26.9 Å². The molecule has 37 heavy (non-hydrogen) atoms. The summed E-state index contributed by atoms with van der Waals surface area (Å²) in [6.45, 7) is 12.6. The standard InChI is InChI=1S/C26H37N5O5.ClH/c1-8-35-22-14-18(16(2)3)24-29-30(25(27)31(24)28-22)15-20(33)17-12-19(26(4,5)6)23(34-7)21(13-17)36-11-9-10-32;/h12-14,16,27,32H,8-11,15H2,1-7H3;1H. The van der Waals surface area contributed by atoms with Gasteiger partial charge in [-0.05, 0) is 30.4 Å². The first-order valence-corrected chi connectivity index (χ1v) is 12.2. The third kappa shape index (κ3) is 6.61. The van der Waals surface area contributed by atoms with Crippen molar-refractivity contribution in [2.45, 2.75) is 65.8 Å². The molecular weight excluding hydrogens is 498 g/mol. The Morgan fingerprint density at radius 1 is 1.16 bits per heavy atom. The number of methoxy groups -OCH3 is 1. The summed E-state index contributed by atoms with van der Waals surface area (Å²) < 4.78 is 19.8. The Kier molecular flexibility index (Phi) is 10.1. The van der Waals surface area contributed by atoms with E-state index in [1.54, 1.807) is 13.2 Å². The predicted molar refractivity (Wildman–Crippen MR) is 143 cm³/mol. The molecule has 204 valence electrons. The van der Waals surface area contributed by atoms with Crippen molar-refractivity contribution in [1.29, 1.82) is 5.41 Å². The van der Waals surface area contributed by atoms with E-state index in [1.807, 2.05) is 53.7 Å². The van der Waals surface area contributed by atoms with Gasteiger partial charge in [-0.1, -0.05) is 34.6 Å². The van der Waals surface area contributed by atoms with Gasteiger partial charge in [0.1, 0.15) is 6.54 Å². The van der Waals surface area contributed by atoms with Gasteiger partial charge in [0.25, 0.3) is 0 Å². The van der Waals surface area contributed by atoms with Crippen LogP contribution >= 0.6 is 12.4 Å². The van der Waals surface area contributed by atoms with Crippen molar-refractivity contribution in [3.63, 3.8) is 0 Å². The van der Waals surface area contributed by atoms with Gasteiger partial charge in [0.05, 0.1) is 20.3 Å². The molecule has 10 nitrogen and oxygen atoms in total. The molecule has 0 amide bonds. The Balaban J connectivity index is 0.00000481. The third-order valence-electron chi connectivity index (χ3n) is 5.75. The Morgan fingerprint density at radius 2 is 1.86 bits per heavy atom. The molecule has 0 aliphatic heterocycles. The zero-order valence-corrected chi connectivity index (χ0v) is 23.4. The van der Waals surface area contributed by atoms with E-state index in [0.29, 0.717) is 41.6 Å². The first-order valence-electron chi connectivity index (χ1n) is 12.2. The summed E-state index contributed by atoms with van der Waals surface area (Å²) in [5.74, 6) is 1.31. The first-order chi connectivity index (χ1) is 17.0. The van der Waals surface area contributed by atoms with E-state index in [4.69, 9.17) is 24.7 Å². The largest absolute Gasteiger partial charge is 0.493 e. The molecule has 11 heteroatoms. The highest BCUT2D eigenvalue weighted by Crippen LogP contribution is 2.40. The van der Waals surface area contributed by atoms with Crippen molar-refractivity contribution in [3.05, 3.63) is 40.5 Å². The zero-order valence-electron chi connectivity index (χ0n) is 22.6. The maximum Gasteiger partial charge on any atom is 0.242 e. The van der Waals surface area contributed by atoms with Crippen LogP contribution in [0.4, 0.5) is 0 Å². The molecular formula is C26H38ClN5O5. The van der Waals surface area contributed by atoms with Crippen molar-refractivity contribution in [3.8, 4) is 17.4 Å². The number of ether oxygens (including phenoxy) is 3. The molecule has 0 spiro atoms. The van der Waals surface area contributed by atoms with Crippen LogP contribution in [0.5, 0.6) is 17.4 Å². The molecule has 0 aliphatic rings. The number of ketones is 1. The SMILES string of the molecule is CCOc1cc(C(C)C)c2nn(CC(=O)c3cc(OCCCO)c(OC)c(C(C)(C)C)c3)c(=N)n2n1.Cl. The fourth-order valence-corrected chi connectivity index (χ4v) is 3.88. The average Bonchev–Trinajstić information content (AvgIpc) is 3.12. The summed E-state index contributed by atoms with van der Waals surface area (Å²) in [5, 5.41) is 26.7. The van der Waals surface area contributed by atoms with Crippen LogP contribution in [0.25, 0.3) is 5.65 Å². The summed E-state index contributed by atoms with van der Waals surface area (Å²) in [6.07, 6.45) is 0.459. The Hall–Kier alpha value is -3.11. The number of nitrogens with zero attached hydrogens (tertiary/aromatic N) is 4. The van der Waals surface area contributed by atoms with Gasteiger partial charge in [0.2, 0.25) is 11.5 Å². The number of carbonyl (C=O) groups excluding carboxylic acids is 1. The minimum Gasteiger partial charge on any atom is -0.493 e. The van der Waals surface area contributed by atoms with Gasteiger partial charge >= 0.3 is 0 Å². The lowest BCUT2D eigenvalue weighted by Crippen LogP contribution is -2.26. The average molecular weight is 536 g/mol. The molecule has 2 N–H and O–H groups in total. The van der Waals surface area contributed by atoms with Crippen molar-refractivity contribution >= 4 is 23.8 Å². The van der Waals surface area contributed by atoms with Gasteiger partial charge in [-0.3, -0.25) is 10.2 Å². The number of Topliss-reactive ketones (excluding diaryl/α,β-unsaturated/α-hetero) is 1. The first kappa shape index (κ1) is 30.1. The van der Waals surface area contributed by atoms with Crippen molar-refractivity contribution in [2.24, 2.45) is 0 Å². The van der Waals surface area contributed by atoms with Crippen molar-refractivity contribution < 1.29 is 24.1 Å². The van der Waals surface area contributed by atoms with E-state index in [0.717, 1.165) is 11.1 Å². The van der Waals surface area contributed by atoms with E-state index >= 15 is 0 Å². The van der Waals surface area contributed by atoms with Gasteiger partial charge in [0.15, 0.2) is 22.9 Å². The molecule has 0 radical (unpaired) electrons. The highest BCUT2D eigenvalue weighted by molar-refractivity contribution is 5.97. The maximum atomic E-state index is 13.5. The van der Waals surface area contributed by atoms with Crippen LogP contribution in [0.1, 0.15) is 75.4 Å². The van der Waals surface area contributed by atoms with Crippen LogP contribution in [-0.4, -0.2) is 57.2 Å². The van der Waals surface area contributed by atoms with Gasteiger partial charge in [0, 0.05) is 35.8 Å². The second-order valence-electron chi connectivity index (χ2n) is 9.90. The smallest absolute Gasteiger partial charge is 0.242 e. The number of hydrogen-bond donors (Lipinski definition) is 2. The van der Waals surface area contributed by atoms with Crippen LogP contribution in [0, 0.1) is 5.41 Å². The lowest BCUT2D eigenvalue weighted by Gasteiger charge is -2.25. The van der Waals surface area contributed by atoms with Gasteiger partial charge < -0.3 is 19.3 Å².